The summed E-state index contributed by atoms with van der Waals surface area (Å²) in [6.07, 6.45) is 0.0187. The van der Waals surface area contributed by atoms with Gasteiger partial charge in [-0.2, -0.15) is 0 Å². The van der Waals surface area contributed by atoms with Crippen molar-refractivity contribution in [2.75, 3.05) is 31.7 Å². The van der Waals surface area contributed by atoms with E-state index in [1.54, 1.807) is 13.2 Å². The third-order valence-electron chi connectivity index (χ3n) is 3.16. The van der Waals surface area contributed by atoms with Crippen molar-refractivity contribution in [1.82, 2.24) is 0 Å². The quantitative estimate of drug-likeness (QED) is 0.631. The Morgan fingerprint density at radius 2 is 2.30 bits per heavy atom. The van der Waals surface area contributed by atoms with Crippen LogP contribution in [0, 0.1) is 10.1 Å². The van der Waals surface area contributed by atoms with Gasteiger partial charge in [0, 0.05) is 32.3 Å². The SMILES string of the molecule is COCC1CN(c2ccc([N+](=O)[O-])cc2Cl)CC(C)O1. The molecular formula is C13H17ClN2O4. The number of rotatable bonds is 4. The van der Waals surface area contributed by atoms with Crippen LogP contribution in [0.3, 0.4) is 0 Å². The Balaban J connectivity index is 2.19. The zero-order valence-corrected chi connectivity index (χ0v) is 12.2. The molecule has 6 nitrogen and oxygen atoms in total. The van der Waals surface area contributed by atoms with E-state index in [0.29, 0.717) is 24.7 Å². The number of nitro groups is 1. The van der Waals surface area contributed by atoms with Crippen LogP contribution in [0.15, 0.2) is 18.2 Å². The molecule has 2 atom stereocenters. The van der Waals surface area contributed by atoms with Crippen LogP contribution in [0.5, 0.6) is 0 Å². The van der Waals surface area contributed by atoms with E-state index in [9.17, 15) is 10.1 Å². The molecule has 1 fully saturated rings. The minimum absolute atomic E-state index is 0.00602. The van der Waals surface area contributed by atoms with Gasteiger partial charge in [-0.05, 0) is 13.0 Å². The molecule has 7 heteroatoms. The fraction of sp³-hybridized carbons (Fsp3) is 0.538. The maximum absolute atomic E-state index is 10.7. The Morgan fingerprint density at radius 3 is 2.90 bits per heavy atom. The zero-order chi connectivity index (χ0) is 14.7. The molecule has 0 spiro atoms. The summed E-state index contributed by atoms with van der Waals surface area (Å²) in [6.45, 7) is 3.83. The topological polar surface area (TPSA) is 64.8 Å². The predicted molar refractivity (Wildman–Crippen MR) is 76.5 cm³/mol. The van der Waals surface area contributed by atoms with Crippen LogP contribution < -0.4 is 4.90 Å². The number of ether oxygens (including phenoxy) is 2. The third kappa shape index (κ3) is 3.39. The van der Waals surface area contributed by atoms with Crippen LogP contribution in [0.1, 0.15) is 6.92 Å². The van der Waals surface area contributed by atoms with Crippen LogP contribution in [-0.2, 0) is 9.47 Å². The van der Waals surface area contributed by atoms with E-state index in [0.717, 1.165) is 5.69 Å². The predicted octanol–water partition coefficient (Wildman–Crippen LogP) is 2.49. The van der Waals surface area contributed by atoms with Gasteiger partial charge in [-0.3, -0.25) is 10.1 Å². The number of benzene rings is 1. The third-order valence-corrected chi connectivity index (χ3v) is 3.46. The Labute approximate surface area is 122 Å². The molecule has 0 N–H and O–H groups in total. The number of hydrogen-bond acceptors (Lipinski definition) is 5. The van der Waals surface area contributed by atoms with Crippen molar-refractivity contribution in [2.45, 2.75) is 19.1 Å². The van der Waals surface area contributed by atoms with Crippen molar-refractivity contribution in [2.24, 2.45) is 0 Å². The van der Waals surface area contributed by atoms with Gasteiger partial charge in [0.15, 0.2) is 0 Å². The molecule has 1 aromatic rings. The molecule has 1 aliphatic heterocycles. The normalized spacial score (nSPS) is 22.9. The molecule has 2 rings (SSSR count). The number of nitro benzene ring substituents is 1. The number of anilines is 1. The van der Waals surface area contributed by atoms with Gasteiger partial charge in [-0.15, -0.1) is 0 Å². The van der Waals surface area contributed by atoms with Crippen molar-refractivity contribution in [1.29, 1.82) is 0 Å². The number of morpholine rings is 1. The Kier molecular flexibility index (Phi) is 4.80. The molecule has 0 aliphatic carbocycles. The minimum atomic E-state index is -0.453. The molecule has 0 bridgehead atoms. The molecule has 0 radical (unpaired) electrons. The van der Waals surface area contributed by atoms with Gasteiger partial charge in [0.1, 0.15) is 0 Å². The molecule has 1 saturated heterocycles. The molecule has 0 amide bonds. The first-order chi connectivity index (χ1) is 9.51. The summed E-state index contributed by atoms with van der Waals surface area (Å²) in [5.41, 5.74) is 0.780. The van der Waals surface area contributed by atoms with Crippen LogP contribution >= 0.6 is 11.6 Å². The van der Waals surface area contributed by atoms with Crippen LogP contribution in [0.4, 0.5) is 11.4 Å². The fourth-order valence-electron chi connectivity index (χ4n) is 2.39. The second-order valence-corrected chi connectivity index (χ2v) is 5.23. The summed E-state index contributed by atoms with van der Waals surface area (Å²) in [5.74, 6) is 0. The summed E-state index contributed by atoms with van der Waals surface area (Å²) in [6, 6.07) is 4.53. The van der Waals surface area contributed by atoms with Gasteiger partial charge in [-0.25, -0.2) is 0 Å². The smallest absolute Gasteiger partial charge is 0.271 e. The molecule has 2 unspecified atom stereocenters. The highest BCUT2D eigenvalue weighted by molar-refractivity contribution is 6.33. The van der Waals surface area contributed by atoms with E-state index in [1.165, 1.54) is 12.1 Å². The Bertz CT molecular complexity index is 497. The first-order valence-electron chi connectivity index (χ1n) is 6.34. The number of methoxy groups -OCH3 is 1. The van der Waals surface area contributed by atoms with E-state index in [2.05, 4.69) is 4.90 Å². The van der Waals surface area contributed by atoms with Gasteiger partial charge < -0.3 is 14.4 Å². The average Bonchev–Trinajstić information content (AvgIpc) is 2.38. The van der Waals surface area contributed by atoms with Gasteiger partial charge in [0.25, 0.3) is 5.69 Å². The summed E-state index contributed by atoms with van der Waals surface area (Å²) in [7, 11) is 1.63. The van der Waals surface area contributed by atoms with E-state index >= 15 is 0 Å². The first-order valence-corrected chi connectivity index (χ1v) is 6.72. The van der Waals surface area contributed by atoms with Gasteiger partial charge in [0.05, 0.1) is 34.4 Å². The Hall–Kier alpha value is -1.37. The van der Waals surface area contributed by atoms with E-state index < -0.39 is 4.92 Å². The highest BCUT2D eigenvalue weighted by atomic mass is 35.5. The highest BCUT2D eigenvalue weighted by Gasteiger charge is 2.27. The van der Waals surface area contributed by atoms with Crippen molar-refractivity contribution in [3.05, 3.63) is 33.3 Å². The molecule has 0 saturated carbocycles. The van der Waals surface area contributed by atoms with Crippen LogP contribution in [-0.4, -0.2) is 43.9 Å². The number of non-ortho nitro benzene ring substituents is 1. The second kappa shape index (κ2) is 6.39. The lowest BCUT2D eigenvalue weighted by molar-refractivity contribution is -0.384. The number of hydrogen-bond donors (Lipinski definition) is 0. The van der Waals surface area contributed by atoms with Crippen molar-refractivity contribution >= 4 is 23.0 Å². The van der Waals surface area contributed by atoms with E-state index in [1.807, 2.05) is 6.92 Å². The van der Waals surface area contributed by atoms with Crippen LogP contribution in [0.25, 0.3) is 0 Å². The first kappa shape index (κ1) is 15.0. The lowest BCUT2D eigenvalue weighted by Crippen LogP contribution is -2.48. The highest BCUT2D eigenvalue weighted by Crippen LogP contribution is 2.31. The van der Waals surface area contributed by atoms with Gasteiger partial charge >= 0.3 is 0 Å². The summed E-state index contributed by atoms with van der Waals surface area (Å²) >= 11 is 6.16. The monoisotopic (exact) mass is 300 g/mol. The largest absolute Gasteiger partial charge is 0.382 e. The molecule has 1 aromatic carbocycles. The summed E-state index contributed by atoms with van der Waals surface area (Å²) in [4.78, 5) is 12.3. The van der Waals surface area contributed by atoms with E-state index in [4.69, 9.17) is 21.1 Å². The van der Waals surface area contributed by atoms with Crippen molar-refractivity contribution in [3.63, 3.8) is 0 Å². The lowest BCUT2D eigenvalue weighted by Gasteiger charge is -2.38. The summed E-state index contributed by atoms with van der Waals surface area (Å²) in [5, 5.41) is 11.1. The molecule has 1 heterocycles. The molecule has 1 aliphatic rings. The molecule has 110 valence electrons. The van der Waals surface area contributed by atoms with Gasteiger partial charge in [-0.1, -0.05) is 11.6 Å². The van der Waals surface area contributed by atoms with Crippen molar-refractivity contribution < 1.29 is 14.4 Å². The lowest BCUT2D eigenvalue weighted by atomic mass is 10.2. The second-order valence-electron chi connectivity index (χ2n) is 4.82. The van der Waals surface area contributed by atoms with Crippen molar-refractivity contribution in [3.8, 4) is 0 Å². The van der Waals surface area contributed by atoms with E-state index in [-0.39, 0.29) is 17.9 Å². The van der Waals surface area contributed by atoms with Crippen LogP contribution in [0.2, 0.25) is 5.02 Å². The maximum atomic E-state index is 10.7. The molecular weight excluding hydrogens is 284 g/mol. The average molecular weight is 301 g/mol. The maximum Gasteiger partial charge on any atom is 0.271 e. The number of halogens is 1. The van der Waals surface area contributed by atoms with Gasteiger partial charge in [0.2, 0.25) is 0 Å². The fourth-order valence-corrected chi connectivity index (χ4v) is 2.68. The zero-order valence-electron chi connectivity index (χ0n) is 11.4. The number of nitrogens with zero attached hydrogens (tertiary/aromatic N) is 2. The Morgan fingerprint density at radius 1 is 1.55 bits per heavy atom. The standard InChI is InChI=1S/C13H17ClN2O4/c1-9-6-15(7-11(20-9)8-19-2)13-4-3-10(16(17)18)5-12(13)14/h3-5,9,11H,6-8H2,1-2H3. The summed E-state index contributed by atoms with van der Waals surface area (Å²) < 4.78 is 10.9. The molecule has 0 aromatic heterocycles. The molecule has 20 heavy (non-hydrogen) atoms. The minimum Gasteiger partial charge on any atom is -0.382 e.